The highest BCUT2D eigenvalue weighted by molar-refractivity contribution is 7.92. The molecular formula is C27H30N2O5S. The number of fused-ring (bicyclic) bond motifs is 1. The number of methoxy groups -OCH3 is 1. The van der Waals surface area contributed by atoms with Gasteiger partial charge in [0.25, 0.3) is 15.9 Å². The molecule has 35 heavy (non-hydrogen) atoms. The summed E-state index contributed by atoms with van der Waals surface area (Å²) in [6.45, 7) is 7.88. The Kier molecular flexibility index (Phi) is 6.76. The summed E-state index contributed by atoms with van der Waals surface area (Å²) in [7, 11) is -2.43. The quantitative estimate of drug-likeness (QED) is 0.547. The van der Waals surface area contributed by atoms with E-state index in [1.807, 2.05) is 20.8 Å². The third-order valence-corrected chi connectivity index (χ3v) is 8.18. The number of hydrogen-bond donors (Lipinski definition) is 1. The number of para-hydroxylation sites is 2. The van der Waals surface area contributed by atoms with E-state index in [-0.39, 0.29) is 23.4 Å². The second-order valence-corrected chi connectivity index (χ2v) is 10.7. The number of rotatable bonds is 6. The molecular weight excluding hydrogens is 464 g/mol. The molecule has 184 valence electrons. The van der Waals surface area contributed by atoms with Gasteiger partial charge in [0.15, 0.2) is 6.10 Å². The number of aryl methyl sites for hydroxylation is 3. The Bertz CT molecular complexity index is 1350. The van der Waals surface area contributed by atoms with Crippen molar-refractivity contribution in [1.29, 1.82) is 0 Å². The molecule has 0 bridgehead atoms. The van der Waals surface area contributed by atoms with Crippen molar-refractivity contribution >= 4 is 21.6 Å². The van der Waals surface area contributed by atoms with E-state index in [1.54, 1.807) is 36.4 Å². The summed E-state index contributed by atoms with van der Waals surface area (Å²) in [6, 6.07) is 16.9. The summed E-state index contributed by atoms with van der Waals surface area (Å²) >= 11 is 0. The molecule has 0 spiro atoms. The van der Waals surface area contributed by atoms with Gasteiger partial charge < -0.3 is 14.8 Å². The molecule has 0 fully saturated rings. The van der Waals surface area contributed by atoms with E-state index in [2.05, 4.69) is 24.4 Å². The van der Waals surface area contributed by atoms with Gasteiger partial charge in [-0.05, 0) is 86.3 Å². The number of ether oxygens (including phenoxy) is 2. The Morgan fingerprint density at radius 3 is 2.37 bits per heavy atom. The SMILES string of the molecule is COc1ccc(S(=O)(=O)N2C[C@@H](C(=O)N[C@H](C)c3cc(C)c(C)cc3C)Oc3ccccc32)cc1. The molecule has 3 aromatic rings. The highest BCUT2D eigenvalue weighted by Gasteiger charge is 2.38. The van der Waals surface area contributed by atoms with Crippen LogP contribution in [0.25, 0.3) is 0 Å². The second-order valence-electron chi connectivity index (χ2n) is 8.81. The first-order valence-electron chi connectivity index (χ1n) is 11.4. The average Bonchev–Trinajstić information content (AvgIpc) is 2.85. The lowest BCUT2D eigenvalue weighted by atomic mass is 9.96. The highest BCUT2D eigenvalue weighted by atomic mass is 32.2. The van der Waals surface area contributed by atoms with E-state index in [1.165, 1.54) is 29.1 Å². The summed E-state index contributed by atoms with van der Waals surface area (Å²) in [5, 5.41) is 3.01. The smallest absolute Gasteiger partial charge is 0.264 e. The molecule has 1 amide bonds. The first-order valence-corrected chi connectivity index (χ1v) is 12.9. The summed E-state index contributed by atoms with van der Waals surface area (Å²) in [6.07, 6.45) is -1.01. The lowest BCUT2D eigenvalue weighted by Crippen LogP contribution is -2.51. The molecule has 1 heterocycles. The fourth-order valence-corrected chi connectivity index (χ4v) is 5.75. The molecule has 0 radical (unpaired) electrons. The van der Waals surface area contributed by atoms with Crippen LogP contribution in [0, 0.1) is 20.8 Å². The van der Waals surface area contributed by atoms with Gasteiger partial charge in [-0.2, -0.15) is 0 Å². The summed E-state index contributed by atoms with van der Waals surface area (Å²) < 4.78 is 39.5. The Morgan fingerprint density at radius 1 is 1.03 bits per heavy atom. The number of sulfonamides is 1. The Hall–Kier alpha value is -3.52. The largest absolute Gasteiger partial charge is 0.497 e. The minimum atomic E-state index is -3.95. The summed E-state index contributed by atoms with van der Waals surface area (Å²) in [5.74, 6) is 0.518. The average molecular weight is 495 g/mol. The van der Waals surface area contributed by atoms with Crippen LogP contribution in [-0.4, -0.2) is 34.1 Å². The topological polar surface area (TPSA) is 84.9 Å². The highest BCUT2D eigenvalue weighted by Crippen LogP contribution is 2.37. The Morgan fingerprint density at radius 2 is 1.69 bits per heavy atom. The van der Waals surface area contributed by atoms with Gasteiger partial charge in [0, 0.05) is 0 Å². The fourth-order valence-electron chi connectivity index (χ4n) is 4.27. The van der Waals surface area contributed by atoms with E-state index < -0.39 is 16.1 Å². The zero-order chi connectivity index (χ0) is 25.3. The number of nitrogens with one attached hydrogen (secondary N) is 1. The minimum Gasteiger partial charge on any atom is -0.497 e. The molecule has 3 aromatic carbocycles. The number of carbonyl (C=O) groups is 1. The fraction of sp³-hybridized carbons (Fsp3) is 0.296. The van der Waals surface area contributed by atoms with Crippen LogP contribution in [0.2, 0.25) is 0 Å². The van der Waals surface area contributed by atoms with Gasteiger partial charge in [0.1, 0.15) is 11.5 Å². The van der Waals surface area contributed by atoms with E-state index in [4.69, 9.17) is 9.47 Å². The maximum absolute atomic E-state index is 13.6. The van der Waals surface area contributed by atoms with Crippen LogP contribution in [0.4, 0.5) is 5.69 Å². The predicted molar refractivity (Wildman–Crippen MR) is 136 cm³/mol. The molecule has 0 unspecified atom stereocenters. The van der Waals surface area contributed by atoms with Crippen LogP contribution in [0.3, 0.4) is 0 Å². The van der Waals surface area contributed by atoms with Gasteiger partial charge in [0.05, 0.1) is 30.3 Å². The van der Waals surface area contributed by atoms with Crippen molar-refractivity contribution in [3.8, 4) is 11.5 Å². The molecule has 1 aliphatic heterocycles. The molecule has 1 N–H and O–H groups in total. The number of anilines is 1. The summed E-state index contributed by atoms with van der Waals surface area (Å²) in [4.78, 5) is 13.4. The lowest BCUT2D eigenvalue weighted by Gasteiger charge is -2.35. The minimum absolute atomic E-state index is 0.105. The normalized spacial score (nSPS) is 16.1. The maximum Gasteiger partial charge on any atom is 0.264 e. The van der Waals surface area contributed by atoms with Crippen LogP contribution in [0.1, 0.15) is 35.2 Å². The monoisotopic (exact) mass is 494 g/mol. The molecule has 8 heteroatoms. The maximum atomic E-state index is 13.6. The third kappa shape index (κ3) is 4.84. The molecule has 4 rings (SSSR count). The van der Waals surface area contributed by atoms with Gasteiger partial charge in [-0.3, -0.25) is 9.10 Å². The predicted octanol–water partition coefficient (Wildman–Crippen LogP) is 4.45. The Labute approximate surface area is 206 Å². The number of amides is 1. The summed E-state index contributed by atoms with van der Waals surface area (Å²) in [5.41, 5.74) is 4.83. The molecule has 0 saturated carbocycles. The molecule has 0 saturated heterocycles. The number of carbonyl (C=O) groups excluding carboxylic acids is 1. The van der Waals surface area contributed by atoms with E-state index >= 15 is 0 Å². The first-order chi connectivity index (χ1) is 16.6. The van der Waals surface area contributed by atoms with E-state index in [0.29, 0.717) is 17.2 Å². The standard InChI is InChI=1S/C27H30N2O5S/c1-17-14-19(3)23(15-18(17)2)20(4)28-27(30)26-16-29(24-8-6-7-9-25(24)34-26)35(31,32)22-12-10-21(33-5)11-13-22/h6-15,20,26H,16H2,1-5H3,(H,28,30)/t20-,26+/m1/s1. The van der Waals surface area contributed by atoms with Crippen molar-refractivity contribution in [1.82, 2.24) is 5.32 Å². The number of hydrogen-bond acceptors (Lipinski definition) is 5. The van der Waals surface area contributed by atoms with Gasteiger partial charge in [-0.15, -0.1) is 0 Å². The zero-order valence-electron chi connectivity index (χ0n) is 20.5. The molecule has 2 atom stereocenters. The molecule has 0 aliphatic carbocycles. The van der Waals surface area contributed by atoms with Crippen LogP contribution < -0.4 is 19.1 Å². The van der Waals surface area contributed by atoms with Crippen molar-refractivity contribution in [3.63, 3.8) is 0 Å². The van der Waals surface area contributed by atoms with Crippen molar-refractivity contribution in [3.05, 3.63) is 82.9 Å². The third-order valence-electron chi connectivity index (χ3n) is 6.38. The Balaban J connectivity index is 1.62. The van der Waals surface area contributed by atoms with Crippen molar-refractivity contribution in [2.24, 2.45) is 0 Å². The van der Waals surface area contributed by atoms with Gasteiger partial charge >= 0.3 is 0 Å². The molecule has 0 aromatic heterocycles. The van der Waals surface area contributed by atoms with Gasteiger partial charge in [0.2, 0.25) is 0 Å². The van der Waals surface area contributed by atoms with Crippen molar-refractivity contribution < 1.29 is 22.7 Å². The van der Waals surface area contributed by atoms with E-state index in [9.17, 15) is 13.2 Å². The van der Waals surface area contributed by atoms with Crippen LogP contribution in [0.5, 0.6) is 11.5 Å². The number of benzene rings is 3. The van der Waals surface area contributed by atoms with Crippen molar-refractivity contribution in [2.75, 3.05) is 18.0 Å². The van der Waals surface area contributed by atoms with Crippen LogP contribution in [0.15, 0.2) is 65.6 Å². The lowest BCUT2D eigenvalue weighted by molar-refractivity contribution is -0.128. The van der Waals surface area contributed by atoms with Crippen LogP contribution in [-0.2, 0) is 14.8 Å². The van der Waals surface area contributed by atoms with Crippen molar-refractivity contribution in [2.45, 2.75) is 44.7 Å². The zero-order valence-corrected chi connectivity index (χ0v) is 21.3. The molecule has 1 aliphatic rings. The second kappa shape index (κ2) is 9.62. The van der Waals surface area contributed by atoms with Crippen LogP contribution >= 0.6 is 0 Å². The molecule has 7 nitrogen and oxygen atoms in total. The van der Waals surface area contributed by atoms with E-state index in [0.717, 1.165) is 16.7 Å². The van der Waals surface area contributed by atoms with Gasteiger partial charge in [-0.25, -0.2) is 8.42 Å². The van der Waals surface area contributed by atoms with Gasteiger partial charge in [-0.1, -0.05) is 24.3 Å². The number of nitrogens with zero attached hydrogens (tertiary/aromatic N) is 1. The first kappa shape index (κ1) is 24.6.